The summed E-state index contributed by atoms with van der Waals surface area (Å²) in [5, 5.41) is 3.59. The van der Waals surface area contributed by atoms with Crippen LogP contribution in [0.1, 0.15) is 38.2 Å². The van der Waals surface area contributed by atoms with Crippen molar-refractivity contribution in [3.8, 4) is 0 Å². The Kier molecular flexibility index (Phi) is 3.14. The van der Waals surface area contributed by atoms with E-state index in [0.717, 1.165) is 12.1 Å². The van der Waals surface area contributed by atoms with E-state index in [1.54, 1.807) is 0 Å². The molecular weight excluding hydrogens is 184 g/mol. The number of anilines is 2. The standard InChI is InChI=1S/C13H20N2/c1-2-10-9-12(7-8-13(10)14)15-11-5-3-4-6-11/h7-9,11,15H,2-6,14H2,1H3. The van der Waals surface area contributed by atoms with E-state index in [1.165, 1.54) is 36.9 Å². The van der Waals surface area contributed by atoms with Crippen molar-refractivity contribution in [3.63, 3.8) is 0 Å². The first kappa shape index (κ1) is 10.3. The Morgan fingerprint density at radius 2 is 2.07 bits per heavy atom. The number of hydrogen-bond acceptors (Lipinski definition) is 2. The Morgan fingerprint density at radius 3 is 2.73 bits per heavy atom. The molecule has 0 spiro atoms. The van der Waals surface area contributed by atoms with Gasteiger partial charge in [-0.15, -0.1) is 0 Å². The summed E-state index contributed by atoms with van der Waals surface area (Å²) in [7, 11) is 0. The Balaban J connectivity index is 2.07. The summed E-state index contributed by atoms with van der Waals surface area (Å²) in [5.74, 6) is 0. The lowest BCUT2D eigenvalue weighted by Crippen LogP contribution is -2.14. The van der Waals surface area contributed by atoms with Gasteiger partial charge in [-0.1, -0.05) is 19.8 Å². The molecule has 0 saturated heterocycles. The smallest absolute Gasteiger partial charge is 0.0347 e. The predicted octanol–water partition coefficient (Wildman–Crippen LogP) is 3.19. The van der Waals surface area contributed by atoms with Crippen LogP contribution in [-0.4, -0.2) is 6.04 Å². The van der Waals surface area contributed by atoms with Crippen LogP contribution in [0.15, 0.2) is 18.2 Å². The van der Waals surface area contributed by atoms with Crippen molar-refractivity contribution in [2.75, 3.05) is 11.1 Å². The third-order valence-corrected chi connectivity index (χ3v) is 3.25. The molecule has 2 heteroatoms. The Labute approximate surface area is 91.9 Å². The van der Waals surface area contributed by atoms with Gasteiger partial charge in [-0.3, -0.25) is 0 Å². The number of nitrogen functional groups attached to an aromatic ring is 1. The second-order valence-corrected chi connectivity index (χ2v) is 4.39. The number of nitrogens with one attached hydrogen (secondary N) is 1. The highest BCUT2D eigenvalue weighted by atomic mass is 14.9. The molecule has 2 rings (SSSR count). The van der Waals surface area contributed by atoms with Crippen molar-refractivity contribution in [1.29, 1.82) is 0 Å². The van der Waals surface area contributed by atoms with Gasteiger partial charge in [0.1, 0.15) is 0 Å². The molecule has 0 heterocycles. The third kappa shape index (κ3) is 2.44. The van der Waals surface area contributed by atoms with Crippen molar-refractivity contribution < 1.29 is 0 Å². The molecule has 0 atom stereocenters. The molecule has 0 aromatic heterocycles. The maximum Gasteiger partial charge on any atom is 0.0347 e. The first-order valence-electron chi connectivity index (χ1n) is 5.94. The Morgan fingerprint density at radius 1 is 1.33 bits per heavy atom. The van der Waals surface area contributed by atoms with Crippen LogP contribution >= 0.6 is 0 Å². The second-order valence-electron chi connectivity index (χ2n) is 4.39. The molecule has 1 saturated carbocycles. The predicted molar refractivity (Wildman–Crippen MR) is 66.1 cm³/mol. The number of hydrogen-bond donors (Lipinski definition) is 2. The lowest BCUT2D eigenvalue weighted by atomic mass is 10.1. The average molecular weight is 204 g/mol. The molecule has 0 radical (unpaired) electrons. The minimum atomic E-state index is 0.679. The molecule has 1 fully saturated rings. The van der Waals surface area contributed by atoms with Crippen LogP contribution in [0, 0.1) is 0 Å². The molecule has 0 unspecified atom stereocenters. The molecule has 82 valence electrons. The summed E-state index contributed by atoms with van der Waals surface area (Å²) in [4.78, 5) is 0. The first-order chi connectivity index (χ1) is 7.29. The SMILES string of the molecule is CCc1cc(NC2CCCC2)ccc1N. The van der Waals surface area contributed by atoms with E-state index in [-0.39, 0.29) is 0 Å². The molecule has 2 nitrogen and oxygen atoms in total. The largest absolute Gasteiger partial charge is 0.399 e. The quantitative estimate of drug-likeness (QED) is 0.742. The monoisotopic (exact) mass is 204 g/mol. The fourth-order valence-corrected chi connectivity index (χ4v) is 2.31. The van der Waals surface area contributed by atoms with Gasteiger partial charge in [0.2, 0.25) is 0 Å². The molecule has 0 bridgehead atoms. The first-order valence-corrected chi connectivity index (χ1v) is 5.94. The summed E-state index contributed by atoms with van der Waals surface area (Å²) in [6, 6.07) is 6.97. The van der Waals surface area contributed by atoms with Crippen molar-refractivity contribution in [3.05, 3.63) is 23.8 Å². The van der Waals surface area contributed by atoms with Gasteiger partial charge in [-0.25, -0.2) is 0 Å². The molecule has 3 N–H and O–H groups in total. The summed E-state index contributed by atoms with van der Waals surface area (Å²) < 4.78 is 0. The molecule has 1 aliphatic carbocycles. The molecular formula is C13H20N2. The van der Waals surface area contributed by atoms with Gasteiger partial charge < -0.3 is 11.1 Å². The van der Waals surface area contributed by atoms with E-state index in [0.29, 0.717) is 6.04 Å². The summed E-state index contributed by atoms with van der Waals surface area (Å²) >= 11 is 0. The highest BCUT2D eigenvalue weighted by Crippen LogP contribution is 2.24. The maximum atomic E-state index is 5.88. The maximum absolute atomic E-state index is 5.88. The summed E-state index contributed by atoms with van der Waals surface area (Å²) in [6.07, 6.45) is 6.37. The zero-order valence-corrected chi connectivity index (χ0v) is 9.42. The minimum absolute atomic E-state index is 0.679. The number of benzene rings is 1. The van der Waals surface area contributed by atoms with E-state index in [2.05, 4.69) is 24.4 Å². The average Bonchev–Trinajstić information content (AvgIpc) is 2.73. The minimum Gasteiger partial charge on any atom is -0.399 e. The molecule has 1 aliphatic rings. The van der Waals surface area contributed by atoms with E-state index in [9.17, 15) is 0 Å². The molecule has 0 aliphatic heterocycles. The van der Waals surface area contributed by atoms with Crippen molar-refractivity contribution in [2.24, 2.45) is 0 Å². The van der Waals surface area contributed by atoms with Gasteiger partial charge in [0.25, 0.3) is 0 Å². The van der Waals surface area contributed by atoms with Crippen molar-refractivity contribution in [2.45, 2.75) is 45.1 Å². The summed E-state index contributed by atoms with van der Waals surface area (Å²) in [6.45, 7) is 2.14. The molecule has 1 aromatic carbocycles. The summed E-state index contributed by atoms with van der Waals surface area (Å²) in [5.41, 5.74) is 9.27. The Hall–Kier alpha value is -1.18. The van der Waals surface area contributed by atoms with Crippen LogP contribution in [0.5, 0.6) is 0 Å². The fraction of sp³-hybridized carbons (Fsp3) is 0.538. The molecule has 0 amide bonds. The highest BCUT2D eigenvalue weighted by molar-refractivity contribution is 5.57. The lowest BCUT2D eigenvalue weighted by Gasteiger charge is -2.15. The Bertz CT molecular complexity index is 327. The van der Waals surface area contributed by atoms with Crippen LogP contribution in [0.2, 0.25) is 0 Å². The van der Waals surface area contributed by atoms with Gasteiger partial charge >= 0.3 is 0 Å². The zero-order chi connectivity index (χ0) is 10.7. The van der Waals surface area contributed by atoms with Crippen LogP contribution < -0.4 is 11.1 Å². The van der Waals surface area contributed by atoms with E-state index < -0.39 is 0 Å². The topological polar surface area (TPSA) is 38.0 Å². The van der Waals surface area contributed by atoms with Crippen molar-refractivity contribution >= 4 is 11.4 Å². The van der Waals surface area contributed by atoms with Crippen LogP contribution in [0.25, 0.3) is 0 Å². The molecule has 15 heavy (non-hydrogen) atoms. The highest BCUT2D eigenvalue weighted by Gasteiger charge is 2.14. The fourth-order valence-electron chi connectivity index (χ4n) is 2.31. The van der Waals surface area contributed by atoms with Crippen LogP contribution in [-0.2, 0) is 6.42 Å². The van der Waals surface area contributed by atoms with Gasteiger partial charge in [0, 0.05) is 17.4 Å². The normalized spacial score (nSPS) is 16.9. The van der Waals surface area contributed by atoms with Gasteiger partial charge in [0.15, 0.2) is 0 Å². The van der Waals surface area contributed by atoms with Gasteiger partial charge in [-0.05, 0) is 43.0 Å². The van der Waals surface area contributed by atoms with Gasteiger partial charge in [0.05, 0.1) is 0 Å². The molecule has 1 aromatic rings. The second kappa shape index (κ2) is 4.56. The van der Waals surface area contributed by atoms with Crippen LogP contribution in [0.3, 0.4) is 0 Å². The zero-order valence-electron chi connectivity index (χ0n) is 9.42. The van der Waals surface area contributed by atoms with Crippen molar-refractivity contribution in [1.82, 2.24) is 0 Å². The van der Waals surface area contributed by atoms with Crippen LogP contribution in [0.4, 0.5) is 11.4 Å². The number of rotatable bonds is 3. The number of nitrogens with two attached hydrogens (primary N) is 1. The van der Waals surface area contributed by atoms with E-state index >= 15 is 0 Å². The van der Waals surface area contributed by atoms with E-state index in [4.69, 9.17) is 5.73 Å². The lowest BCUT2D eigenvalue weighted by molar-refractivity contribution is 0.755. The van der Waals surface area contributed by atoms with E-state index in [1.807, 2.05) is 6.07 Å². The third-order valence-electron chi connectivity index (χ3n) is 3.25. The number of aryl methyl sites for hydroxylation is 1. The van der Waals surface area contributed by atoms with Gasteiger partial charge in [-0.2, -0.15) is 0 Å².